The number of furan rings is 1. The summed E-state index contributed by atoms with van der Waals surface area (Å²) in [7, 11) is -3.48. The highest BCUT2D eigenvalue weighted by molar-refractivity contribution is 7.91. The molecule has 0 spiro atoms. The Morgan fingerprint density at radius 3 is 2.79 bits per heavy atom. The quantitative estimate of drug-likeness (QED) is 0.888. The maximum absolute atomic E-state index is 12.0. The standard InChI is InChI=1S/C12H14ClNO3S2/c1-9(4-5-10-3-2-8-17-10)14-19(15,16)12-7-6-11(13)18-12/h2-3,6-9,14H,4-5H2,1H3. The highest BCUT2D eigenvalue weighted by atomic mass is 35.5. The number of thiophene rings is 1. The van der Waals surface area contributed by atoms with Crippen molar-refractivity contribution in [2.24, 2.45) is 0 Å². The van der Waals surface area contributed by atoms with E-state index in [0.717, 1.165) is 17.1 Å². The van der Waals surface area contributed by atoms with Gasteiger partial charge in [-0.05, 0) is 37.6 Å². The number of aryl methyl sites for hydroxylation is 1. The molecule has 7 heteroatoms. The molecule has 2 aromatic heterocycles. The molecule has 0 aromatic carbocycles. The molecular weight excluding hydrogens is 306 g/mol. The number of hydrogen-bond acceptors (Lipinski definition) is 4. The Labute approximate surface area is 121 Å². The monoisotopic (exact) mass is 319 g/mol. The Kier molecular flexibility index (Phi) is 4.67. The van der Waals surface area contributed by atoms with E-state index in [1.165, 1.54) is 6.07 Å². The molecule has 0 amide bonds. The molecule has 2 aromatic rings. The van der Waals surface area contributed by atoms with Crippen LogP contribution < -0.4 is 4.72 Å². The van der Waals surface area contributed by atoms with Crippen LogP contribution in [0.5, 0.6) is 0 Å². The first-order chi connectivity index (χ1) is 8.97. The molecule has 4 nitrogen and oxygen atoms in total. The minimum atomic E-state index is -3.48. The van der Waals surface area contributed by atoms with E-state index in [4.69, 9.17) is 16.0 Å². The van der Waals surface area contributed by atoms with Crippen LogP contribution in [-0.4, -0.2) is 14.5 Å². The van der Waals surface area contributed by atoms with Crippen molar-refractivity contribution in [3.63, 3.8) is 0 Å². The fourth-order valence-corrected chi connectivity index (χ4v) is 4.41. The molecule has 19 heavy (non-hydrogen) atoms. The molecule has 0 saturated heterocycles. The van der Waals surface area contributed by atoms with Crippen molar-refractivity contribution in [2.75, 3.05) is 0 Å². The highest BCUT2D eigenvalue weighted by Gasteiger charge is 2.19. The highest BCUT2D eigenvalue weighted by Crippen LogP contribution is 2.25. The summed E-state index contributed by atoms with van der Waals surface area (Å²) in [5, 5.41) is 0. The molecule has 104 valence electrons. The summed E-state index contributed by atoms with van der Waals surface area (Å²) in [6.07, 6.45) is 2.98. The van der Waals surface area contributed by atoms with E-state index in [2.05, 4.69) is 4.72 Å². The maximum Gasteiger partial charge on any atom is 0.250 e. The van der Waals surface area contributed by atoms with Gasteiger partial charge >= 0.3 is 0 Å². The second kappa shape index (κ2) is 6.09. The summed E-state index contributed by atoms with van der Waals surface area (Å²) >= 11 is 6.79. The van der Waals surface area contributed by atoms with Crippen LogP contribution in [0.25, 0.3) is 0 Å². The van der Waals surface area contributed by atoms with E-state index in [0.29, 0.717) is 17.2 Å². The van der Waals surface area contributed by atoms with Gasteiger partial charge in [-0.15, -0.1) is 11.3 Å². The molecule has 0 saturated carbocycles. The zero-order valence-electron chi connectivity index (χ0n) is 10.3. The average Bonchev–Trinajstić information content (AvgIpc) is 2.96. The zero-order valence-corrected chi connectivity index (χ0v) is 12.7. The van der Waals surface area contributed by atoms with Gasteiger partial charge in [-0.25, -0.2) is 13.1 Å². The van der Waals surface area contributed by atoms with E-state index in [-0.39, 0.29) is 10.3 Å². The van der Waals surface area contributed by atoms with Crippen LogP contribution in [-0.2, 0) is 16.4 Å². The van der Waals surface area contributed by atoms with E-state index >= 15 is 0 Å². The van der Waals surface area contributed by atoms with Crippen molar-refractivity contribution in [3.8, 4) is 0 Å². The molecule has 0 aliphatic carbocycles. The maximum atomic E-state index is 12.0. The van der Waals surface area contributed by atoms with Crippen LogP contribution >= 0.6 is 22.9 Å². The van der Waals surface area contributed by atoms with Crippen molar-refractivity contribution >= 4 is 33.0 Å². The van der Waals surface area contributed by atoms with Crippen molar-refractivity contribution < 1.29 is 12.8 Å². The number of halogens is 1. The van der Waals surface area contributed by atoms with Gasteiger partial charge in [0.2, 0.25) is 10.0 Å². The predicted molar refractivity (Wildman–Crippen MR) is 76.1 cm³/mol. The predicted octanol–water partition coefficient (Wildman–Crippen LogP) is 3.29. The average molecular weight is 320 g/mol. The van der Waals surface area contributed by atoms with Gasteiger partial charge in [0.15, 0.2) is 0 Å². The van der Waals surface area contributed by atoms with Gasteiger partial charge in [0.25, 0.3) is 0 Å². The summed E-state index contributed by atoms with van der Waals surface area (Å²) in [5.41, 5.74) is 0. The Balaban J connectivity index is 1.92. The van der Waals surface area contributed by atoms with E-state index < -0.39 is 10.0 Å². The Morgan fingerprint density at radius 1 is 1.42 bits per heavy atom. The lowest BCUT2D eigenvalue weighted by Crippen LogP contribution is -2.32. The number of rotatable bonds is 6. The van der Waals surface area contributed by atoms with Crippen molar-refractivity contribution in [3.05, 3.63) is 40.6 Å². The molecule has 0 fully saturated rings. The number of sulfonamides is 1. The molecular formula is C12H14ClNO3S2. The van der Waals surface area contributed by atoms with Crippen LogP contribution in [0, 0.1) is 0 Å². The SMILES string of the molecule is CC(CCc1ccco1)NS(=O)(=O)c1ccc(Cl)s1. The second-order valence-electron chi connectivity index (χ2n) is 4.20. The van der Waals surface area contributed by atoms with E-state index in [1.807, 2.05) is 19.1 Å². The first kappa shape index (κ1) is 14.6. The lowest BCUT2D eigenvalue weighted by atomic mass is 10.2. The van der Waals surface area contributed by atoms with Crippen molar-refractivity contribution in [2.45, 2.75) is 30.0 Å². The third kappa shape index (κ3) is 4.07. The van der Waals surface area contributed by atoms with Gasteiger partial charge in [0.1, 0.15) is 9.97 Å². The molecule has 1 unspecified atom stereocenters. The largest absolute Gasteiger partial charge is 0.469 e. The lowest BCUT2D eigenvalue weighted by Gasteiger charge is -2.12. The summed E-state index contributed by atoms with van der Waals surface area (Å²) in [4.78, 5) is 0. The van der Waals surface area contributed by atoms with E-state index in [9.17, 15) is 8.42 Å². The molecule has 1 N–H and O–H groups in total. The molecule has 2 heterocycles. The molecule has 0 radical (unpaired) electrons. The van der Waals surface area contributed by atoms with Gasteiger partial charge < -0.3 is 4.42 Å². The summed E-state index contributed by atoms with van der Waals surface area (Å²) in [6, 6.07) is 6.61. The van der Waals surface area contributed by atoms with E-state index in [1.54, 1.807) is 12.3 Å². The van der Waals surface area contributed by atoms with Gasteiger partial charge in [0, 0.05) is 12.5 Å². The van der Waals surface area contributed by atoms with Gasteiger partial charge in [0.05, 0.1) is 10.6 Å². The molecule has 0 aliphatic rings. The first-order valence-electron chi connectivity index (χ1n) is 5.77. The third-order valence-electron chi connectivity index (χ3n) is 2.57. The first-order valence-corrected chi connectivity index (χ1v) is 8.45. The summed E-state index contributed by atoms with van der Waals surface area (Å²) in [6.45, 7) is 1.83. The topological polar surface area (TPSA) is 59.3 Å². The minimum absolute atomic E-state index is 0.170. The summed E-state index contributed by atoms with van der Waals surface area (Å²) < 4.78 is 32.6. The van der Waals surface area contributed by atoms with Crippen LogP contribution in [0.1, 0.15) is 19.1 Å². The third-order valence-corrected chi connectivity index (χ3v) is 5.89. The molecule has 0 aliphatic heterocycles. The lowest BCUT2D eigenvalue weighted by molar-refractivity contribution is 0.480. The summed E-state index contributed by atoms with van der Waals surface area (Å²) in [5.74, 6) is 0.852. The number of hydrogen-bond donors (Lipinski definition) is 1. The van der Waals surface area contributed by atoms with Crippen LogP contribution in [0.3, 0.4) is 0 Å². The molecule has 1 atom stereocenters. The van der Waals surface area contributed by atoms with Gasteiger partial charge in [-0.3, -0.25) is 0 Å². The Morgan fingerprint density at radius 2 is 2.21 bits per heavy atom. The number of nitrogens with one attached hydrogen (secondary N) is 1. The van der Waals surface area contributed by atoms with Gasteiger partial charge in [-0.2, -0.15) is 0 Å². The fraction of sp³-hybridized carbons (Fsp3) is 0.333. The van der Waals surface area contributed by atoms with Crippen LogP contribution in [0.4, 0.5) is 0 Å². The van der Waals surface area contributed by atoms with Crippen LogP contribution in [0.2, 0.25) is 4.34 Å². The van der Waals surface area contributed by atoms with Crippen molar-refractivity contribution in [1.82, 2.24) is 4.72 Å². The zero-order chi connectivity index (χ0) is 13.9. The van der Waals surface area contributed by atoms with Gasteiger partial charge in [-0.1, -0.05) is 11.6 Å². The molecule has 0 bridgehead atoms. The smallest absolute Gasteiger partial charge is 0.250 e. The molecule has 2 rings (SSSR count). The fourth-order valence-electron chi connectivity index (χ4n) is 1.64. The second-order valence-corrected chi connectivity index (χ2v) is 7.85. The normalized spacial score (nSPS) is 13.6. The van der Waals surface area contributed by atoms with Crippen molar-refractivity contribution in [1.29, 1.82) is 0 Å². The Bertz CT molecular complexity index is 619. The Hall–Kier alpha value is -0.820. The van der Waals surface area contributed by atoms with Crippen LogP contribution in [0.15, 0.2) is 39.2 Å². The minimum Gasteiger partial charge on any atom is -0.469 e.